The Balaban J connectivity index is 1.44. The van der Waals surface area contributed by atoms with Crippen LogP contribution in [0.1, 0.15) is 26.3 Å². The molecular formula is C25H16NO2Se. The standard InChI is InChI=1S/C25H16NO2Se/c1-26-22-9-5-4-8-17(22)20-12-16(29-25(20)26)13-21-23(27)18-10-14-6-2-3-7-15(14)11-19(18)24(21)28/h2-11,13H,12H2,1H3. The molecule has 2 heterocycles. The minimum atomic E-state index is -0.139. The van der Waals surface area contributed by atoms with Crippen LogP contribution in [0.5, 0.6) is 0 Å². The SMILES string of the molecule is Cn1c2c(c3ccccc31)CC(C=C1C(=O)c3cc4ccccc4cc3C1=O)=[Se]2. The normalized spacial score (nSPS) is 15.2. The van der Waals surface area contributed by atoms with E-state index in [1.807, 2.05) is 42.5 Å². The van der Waals surface area contributed by atoms with Crippen molar-refractivity contribution in [3.05, 3.63) is 89.0 Å². The summed E-state index contributed by atoms with van der Waals surface area (Å²) in [6.45, 7) is 0. The van der Waals surface area contributed by atoms with Gasteiger partial charge in [-0.15, -0.1) is 0 Å². The van der Waals surface area contributed by atoms with E-state index >= 15 is 0 Å². The fourth-order valence-corrected chi connectivity index (χ4v) is 6.95. The van der Waals surface area contributed by atoms with E-state index in [2.05, 4.69) is 35.9 Å². The minimum absolute atomic E-state index is 0.121. The molecule has 0 saturated heterocycles. The van der Waals surface area contributed by atoms with E-state index in [1.165, 1.54) is 25.5 Å². The Kier molecular flexibility index (Phi) is 3.46. The zero-order valence-corrected chi connectivity index (χ0v) is 17.4. The summed E-state index contributed by atoms with van der Waals surface area (Å²) in [4.78, 5) is 26.1. The van der Waals surface area contributed by atoms with E-state index in [9.17, 15) is 9.59 Å². The Labute approximate surface area is 173 Å². The van der Waals surface area contributed by atoms with Crippen molar-refractivity contribution in [2.45, 2.75) is 6.42 Å². The number of ketones is 2. The number of fused-ring (bicyclic) bond motifs is 5. The van der Waals surface area contributed by atoms with Crippen LogP contribution in [0.4, 0.5) is 0 Å². The predicted octanol–water partition coefficient (Wildman–Crippen LogP) is 3.40. The molecule has 1 aliphatic carbocycles. The van der Waals surface area contributed by atoms with Gasteiger partial charge in [-0.3, -0.25) is 0 Å². The monoisotopic (exact) mass is 442 g/mol. The third-order valence-electron chi connectivity index (χ3n) is 5.90. The van der Waals surface area contributed by atoms with Gasteiger partial charge in [0.1, 0.15) is 0 Å². The van der Waals surface area contributed by atoms with Gasteiger partial charge in [0.15, 0.2) is 0 Å². The van der Waals surface area contributed by atoms with Crippen LogP contribution in [0, 0.1) is 0 Å². The molecule has 4 heteroatoms. The summed E-state index contributed by atoms with van der Waals surface area (Å²) in [7, 11) is 2.10. The summed E-state index contributed by atoms with van der Waals surface area (Å²) in [6.07, 6.45) is 2.70. The third-order valence-corrected chi connectivity index (χ3v) is 8.50. The zero-order valence-electron chi connectivity index (χ0n) is 15.7. The van der Waals surface area contributed by atoms with Crippen molar-refractivity contribution in [3.63, 3.8) is 0 Å². The summed E-state index contributed by atoms with van der Waals surface area (Å²) in [6, 6.07) is 20.0. The van der Waals surface area contributed by atoms with E-state index in [1.54, 1.807) is 0 Å². The van der Waals surface area contributed by atoms with Crippen molar-refractivity contribution in [2.24, 2.45) is 7.05 Å². The summed E-state index contributed by atoms with van der Waals surface area (Å²) in [5.41, 5.74) is 3.99. The van der Waals surface area contributed by atoms with Crippen molar-refractivity contribution in [1.29, 1.82) is 0 Å². The first kappa shape index (κ1) is 16.8. The maximum absolute atomic E-state index is 13.0. The molecule has 0 bridgehead atoms. The number of allylic oxidation sites excluding steroid dienone is 2. The summed E-state index contributed by atoms with van der Waals surface area (Å²) < 4.78 is 4.79. The molecule has 3 aromatic carbocycles. The molecule has 0 spiro atoms. The molecule has 139 valence electrons. The molecule has 0 saturated carbocycles. The quantitative estimate of drug-likeness (QED) is 0.258. The Morgan fingerprint density at radius 3 is 2.21 bits per heavy atom. The van der Waals surface area contributed by atoms with Gasteiger partial charge in [0.25, 0.3) is 0 Å². The summed E-state index contributed by atoms with van der Waals surface area (Å²) in [5.74, 6) is -0.278. The second-order valence-corrected chi connectivity index (χ2v) is 9.91. The molecule has 29 heavy (non-hydrogen) atoms. The van der Waals surface area contributed by atoms with Crippen molar-refractivity contribution in [3.8, 4) is 0 Å². The number of benzene rings is 3. The van der Waals surface area contributed by atoms with Crippen LogP contribution in [-0.2, 0) is 13.5 Å². The molecule has 4 aromatic rings. The Morgan fingerprint density at radius 2 is 1.52 bits per heavy atom. The number of Topliss-reactive ketones (excluding diaryl/α,β-unsaturated/α-hetero) is 2. The number of rotatable bonds is 1. The number of carbonyl (C=O) groups excluding carboxylic acids is 2. The molecule has 2 aliphatic rings. The van der Waals surface area contributed by atoms with E-state index in [0.717, 1.165) is 17.2 Å². The van der Waals surface area contributed by atoms with Crippen LogP contribution < -0.4 is 4.59 Å². The first-order chi connectivity index (χ1) is 14.1. The third kappa shape index (κ3) is 2.33. The van der Waals surface area contributed by atoms with Crippen LogP contribution in [0.15, 0.2) is 72.3 Å². The predicted molar refractivity (Wildman–Crippen MR) is 118 cm³/mol. The fourth-order valence-electron chi connectivity index (χ4n) is 4.47. The number of nitrogens with zero attached hydrogens (tertiary/aromatic N) is 1. The Bertz CT molecular complexity index is 1410. The van der Waals surface area contributed by atoms with Gasteiger partial charge in [-0.05, 0) is 0 Å². The van der Waals surface area contributed by atoms with Gasteiger partial charge >= 0.3 is 173 Å². The second kappa shape index (κ2) is 5.96. The van der Waals surface area contributed by atoms with Gasteiger partial charge in [-0.2, -0.15) is 0 Å². The summed E-state index contributed by atoms with van der Waals surface area (Å²) >= 11 is 0.121. The first-order valence-electron chi connectivity index (χ1n) is 9.55. The van der Waals surface area contributed by atoms with Crippen molar-refractivity contribution in [1.82, 2.24) is 4.57 Å². The Morgan fingerprint density at radius 1 is 0.897 bits per heavy atom. The van der Waals surface area contributed by atoms with E-state index in [-0.39, 0.29) is 26.1 Å². The Hall–Kier alpha value is -3.07. The van der Waals surface area contributed by atoms with Crippen molar-refractivity contribution >= 4 is 56.8 Å². The van der Waals surface area contributed by atoms with E-state index in [4.69, 9.17) is 0 Å². The molecule has 0 amide bonds. The molecule has 0 atom stereocenters. The van der Waals surface area contributed by atoms with Gasteiger partial charge in [0, 0.05) is 0 Å². The van der Waals surface area contributed by atoms with Crippen LogP contribution in [0.2, 0.25) is 0 Å². The number of hydrogen-bond acceptors (Lipinski definition) is 2. The summed E-state index contributed by atoms with van der Waals surface area (Å²) in [5, 5.41) is 3.26. The number of carbonyl (C=O) groups is 2. The number of aryl methyl sites for hydroxylation is 1. The molecule has 0 unspecified atom stereocenters. The molecular weight excluding hydrogens is 425 g/mol. The molecule has 6 rings (SSSR count). The number of para-hydroxylation sites is 1. The van der Waals surface area contributed by atoms with Crippen molar-refractivity contribution in [2.75, 3.05) is 0 Å². The average Bonchev–Trinajstić information content (AvgIpc) is 3.35. The second-order valence-electron chi connectivity index (χ2n) is 7.57. The van der Waals surface area contributed by atoms with E-state index in [0.29, 0.717) is 16.7 Å². The van der Waals surface area contributed by atoms with Crippen LogP contribution in [0.25, 0.3) is 21.7 Å². The fraction of sp³-hybridized carbons (Fsp3) is 0.0800. The van der Waals surface area contributed by atoms with Gasteiger partial charge in [0.2, 0.25) is 0 Å². The molecule has 3 nitrogen and oxygen atoms in total. The number of aromatic nitrogens is 1. The molecule has 1 aromatic heterocycles. The molecule has 0 N–H and O–H groups in total. The van der Waals surface area contributed by atoms with Gasteiger partial charge in [0.05, 0.1) is 0 Å². The van der Waals surface area contributed by atoms with Gasteiger partial charge < -0.3 is 0 Å². The molecule has 1 aliphatic heterocycles. The molecule has 0 fully saturated rings. The first-order valence-corrected chi connectivity index (χ1v) is 11.3. The maximum atomic E-state index is 13.0. The zero-order chi connectivity index (χ0) is 19.7. The average molecular weight is 441 g/mol. The van der Waals surface area contributed by atoms with Crippen LogP contribution in [0.3, 0.4) is 0 Å². The van der Waals surface area contributed by atoms with Crippen LogP contribution >= 0.6 is 0 Å². The number of hydrogen-bond donors (Lipinski definition) is 0. The van der Waals surface area contributed by atoms with Crippen LogP contribution in [-0.4, -0.2) is 35.1 Å². The van der Waals surface area contributed by atoms with E-state index < -0.39 is 0 Å². The molecule has 1 radical (unpaired) electrons. The van der Waals surface area contributed by atoms with Gasteiger partial charge in [-0.25, -0.2) is 0 Å². The van der Waals surface area contributed by atoms with Crippen molar-refractivity contribution < 1.29 is 9.59 Å². The van der Waals surface area contributed by atoms with Gasteiger partial charge in [-0.1, -0.05) is 0 Å². The topological polar surface area (TPSA) is 39.1 Å².